The molecule has 1 amide bonds. The molecule has 6 heteroatoms. The lowest BCUT2D eigenvalue weighted by Gasteiger charge is -2.27. The number of hydrogen-bond donors (Lipinski definition) is 0. The number of benzene rings is 2. The topological polar surface area (TPSA) is 65.1 Å². The van der Waals surface area contributed by atoms with E-state index < -0.39 is 11.7 Å². The van der Waals surface area contributed by atoms with E-state index in [1.165, 1.54) is 4.90 Å². The molecule has 0 N–H and O–H groups in total. The van der Waals surface area contributed by atoms with Crippen LogP contribution in [0.1, 0.15) is 45.2 Å². The largest absolute Gasteiger partial charge is 0.489 e. The third kappa shape index (κ3) is 8.16. The van der Waals surface area contributed by atoms with Gasteiger partial charge in [0.15, 0.2) is 0 Å². The minimum Gasteiger partial charge on any atom is -0.489 e. The summed E-state index contributed by atoms with van der Waals surface area (Å²) in [6.07, 6.45) is 1.35. The lowest BCUT2D eigenvalue weighted by molar-refractivity contribution is -0.142. The van der Waals surface area contributed by atoms with Crippen LogP contribution in [0.25, 0.3) is 6.08 Å². The van der Waals surface area contributed by atoms with E-state index in [-0.39, 0.29) is 18.9 Å². The lowest BCUT2D eigenvalue weighted by atomic mass is 10.1. The van der Waals surface area contributed by atoms with E-state index in [1.807, 2.05) is 24.3 Å². The Labute approximate surface area is 184 Å². The molecule has 0 unspecified atom stereocenters. The molecule has 0 saturated carbocycles. The van der Waals surface area contributed by atoms with E-state index in [0.29, 0.717) is 24.7 Å². The second kappa shape index (κ2) is 11.2. The average molecular weight is 426 g/mol. The quantitative estimate of drug-likeness (QED) is 0.489. The highest BCUT2D eigenvalue weighted by molar-refractivity contribution is 5.88. The number of ether oxygens (including phenoxy) is 3. The molecule has 0 aromatic heterocycles. The van der Waals surface area contributed by atoms with Gasteiger partial charge in [-0.05, 0) is 63.1 Å². The summed E-state index contributed by atoms with van der Waals surface area (Å²) in [5.74, 6) is 0.310. The van der Waals surface area contributed by atoms with Crippen LogP contribution in [0.2, 0.25) is 0 Å². The Kier molecular flexibility index (Phi) is 8.67. The summed E-state index contributed by atoms with van der Waals surface area (Å²) in [6.45, 7) is 11.8. The number of esters is 1. The maximum Gasteiger partial charge on any atom is 0.414 e. The van der Waals surface area contributed by atoms with Crippen LogP contribution in [0.3, 0.4) is 0 Å². The third-order valence-electron chi connectivity index (χ3n) is 4.23. The maximum atomic E-state index is 12.7. The maximum absolute atomic E-state index is 12.7. The van der Waals surface area contributed by atoms with Crippen LogP contribution in [0.15, 0.2) is 55.1 Å². The smallest absolute Gasteiger partial charge is 0.414 e. The molecule has 2 aromatic rings. The van der Waals surface area contributed by atoms with Crippen molar-refractivity contribution in [2.24, 2.45) is 0 Å². The van der Waals surface area contributed by atoms with Crippen LogP contribution >= 0.6 is 0 Å². The summed E-state index contributed by atoms with van der Waals surface area (Å²) in [6, 6.07) is 15.1. The molecule has 0 atom stereocenters. The lowest BCUT2D eigenvalue weighted by Crippen LogP contribution is -2.38. The molecule has 0 radical (unpaired) electrons. The Balaban J connectivity index is 2.07. The molecular weight excluding hydrogens is 394 g/mol. The summed E-state index contributed by atoms with van der Waals surface area (Å²) in [4.78, 5) is 25.9. The van der Waals surface area contributed by atoms with Crippen molar-refractivity contribution in [2.75, 3.05) is 18.1 Å². The summed E-state index contributed by atoms with van der Waals surface area (Å²) < 4.78 is 16.3. The Bertz CT molecular complexity index is 866. The van der Waals surface area contributed by atoms with Gasteiger partial charge >= 0.3 is 12.1 Å². The number of hydrogen-bond acceptors (Lipinski definition) is 5. The van der Waals surface area contributed by atoms with Gasteiger partial charge in [0.05, 0.1) is 13.0 Å². The van der Waals surface area contributed by atoms with Gasteiger partial charge in [0.25, 0.3) is 0 Å². The van der Waals surface area contributed by atoms with Crippen molar-refractivity contribution in [1.82, 2.24) is 0 Å². The molecule has 0 bridgehead atoms. The van der Waals surface area contributed by atoms with Gasteiger partial charge in [0, 0.05) is 12.2 Å². The van der Waals surface area contributed by atoms with Crippen LogP contribution in [0.5, 0.6) is 5.75 Å². The monoisotopic (exact) mass is 425 g/mol. The molecule has 0 spiro atoms. The number of anilines is 1. The first-order chi connectivity index (χ1) is 14.7. The fourth-order valence-electron chi connectivity index (χ4n) is 2.72. The van der Waals surface area contributed by atoms with Gasteiger partial charge in [-0.15, -0.1) is 0 Å². The summed E-state index contributed by atoms with van der Waals surface area (Å²) in [5.41, 5.74) is 2.06. The number of carbonyl (C=O) groups excluding carboxylic acids is 2. The van der Waals surface area contributed by atoms with Crippen molar-refractivity contribution in [1.29, 1.82) is 0 Å². The fraction of sp³-hybridized carbons (Fsp3) is 0.360. The molecule has 0 aliphatic heterocycles. The van der Waals surface area contributed by atoms with Crippen LogP contribution in [0.4, 0.5) is 10.5 Å². The van der Waals surface area contributed by atoms with Crippen LogP contribution in [0, 0.1) is 0 Å². The molecule has 0 aliphatic rings. The van der Waals surface area contributed by atoms with Crippen LogP contribution < -0.4 is 9.64 Å². The molecule has 2 rings (SSSR count). The minimum atomic E-state index is -0.649. The van der Waals surface area contributed by atoms with Gasteiger partial charge in [0.2, 0.25) is 0 Å². The zero-order valence-corrected chi connectivity index (χ0v) is 18.7. The predicted octanol–water partition coefficient (Wildman–Crippen LogP) is 5.60. The van der Waals surface area contributed by atoms with Crippen molar-refractivity contribution >= 4 is 23.8 Å². The molecule has 0 heterocycles. The zero-order valence-electron chi connectivity index (χ0n) is 18.7. The first-order valence-corrected chi connectivity index (χ1v) is 10.3. The molecule has 2 aromatic carbocycles. The van der Waals surface area contributed by atoms with Gasteiger partial charge < -0.3 is 14.2 Å². The van der Waals surface area contributed by atoms with Gasteiger partial charge in [-0.3, -0.25) is 9.69 Å². The van der Waals surface area contributed by atoms with Crippen molar-refractivity contribution in [3.05, 3.63) is 66.2 Å². The van der Waals surface area contributed by atoms with E-state index in [2.05, 4.69) is 6.58 Å². The first-order valence-electron chi connectivity index (χ1n) is 10.3. The molecule has 31 heavy (non-hydrogen) atoms. The molecule has 0 aliphatic carbocycles. The molecule has 0 saturated heterocycles. The third-order valence-corrected chi connectivity index (χ3v) is 4.23. The molecule has 6 nitrogen and oxygen atoms in total. The van der Waals surface area contributed by atoms with E-state index >= 15 is 0 Å². The van der Waals surface area contributed by atoms with Gasteiger partial charge in [-0.25, -0.2) is 4.79 Å². The predicted molar refractivity (Wildman–Crippen MR) is 122 cm³/mol. The second-order valence-corrected chi connectivity index (χ2v) is 7.92. The summed E-state index contributed by atoms with van der Waals surface area (Å²) >= 11 is 0. The Morgan fingerprint density at radius 3 is 2.23 bits per heavy atom. The van der Waals surface area contributed by atoms with Crippen molar-refractivity contribution in [2.45, 2.75) is 46.3 Å². The molecular formula is C25H31NO5. The number of amides is 1. The van der Waals surface area contributed by atoms with Crippen molar-refractivity contribution in [3.63, 3.8) is 0 Å². The highest BCUT2D eigenvalue weighted by atomic mass is 16.6. The Morgan fingerprint density at radius 1 is 1.03 bits per heavy atom. The summed E-state index contributed by atoms with van der Waals surface area (Å²) in [7, 11) is 0. The number of rotatable bonds is 9. The van der Waals surface area contributed by atoms with Crippen molar-refractivity contribution < 1.29 is 23.8 Å². The zero-order chi connectivity index (χ0) is 22.9. The SMILES string of the molecule is C=Cc1ccc(COc2ccc(N(CCC(=O)OCC)C(=O)OC(C)(C)C)cc2)cc1. The molecule has 166 valence electrons. The van der Waals surface area contributed by atoms with E-state index in [1.54, 1.807) is 58.0 Å². The fourth-order valence-corrected chi connectivity index (χ4v) is 2.72. The second-order valence-electron chi connectivity index (χ2n) is 7.92. The standard InChI is InChI=1S/C25H31NO5/c1-6-19-8-10-20(11-9-19)18-30-22-14-12-21(13-15-22)26(17-16-23(27)29-7-2)24(28)31-25(3,4)5/h6,8-15H,1,7,16-18H2,2-5H3. The minimum absolute atomic E-state index is 0.0754. The Morgan fingerprint density at radius 2 is 1.68 bits per heavy atom. The van der Waals surface area contributed by atoms with E-state index in [9.17, 15) is 9.59 Å². The van der Waals surface area contributed by atoms with Crippen LogP contribution in [-0.2, 0) is 20.9 Å². The van der Waals surface area contributed by atoms with Gasteiger partial charge in [-0.1, -0.05) is 36.9 Å². The first kappa shape index (κ1) is 24.0. The Hall–Kier alpha value is -3.28. The summed E-state index contributed by atoms with van der Waals surface area (Å²) in [5, 5.41) is 0. The molecule has 0 fully saturated rings. The number of carbonyl (C=O) groups is 2. The van der Waals surface area contributed by atoms with Gasteiger partial charge in [0.1, 0.15) is 18.0 Å². The average Bonchev–Trinajstić information content (AvgIpc) is 2.72. The van der Waals surface area contributed by atoms with E-state index in [0.717, 1.165) is 11.1 Å². The van der Waals surface area contributed by atoms with E-state index in [4.69, 9.17) is 14.2 Å². The number of nitrogens with zero attached hydrogens (tertiary/aromatic N) is 1. The normalized spacial score (nSPS) is 10.8. The van der Waals surface area contributed by atoms with Crippen LogP contribution in [-0.4, -0.2) is 30.8 Å². The highest BCUT2D eigenvalue weighted by Crippen LogP contribution is 2.23. The van der Waals surface area contributed by atoms with Crippen molar-refractivity contribution in [3.8, 4) is 5.75 Å². The van der Waals surface area contributed by atoms with Gasteiger partial charge in [-0.2, -0.15) is 0 Å². The highest BCUT2D eigenvalue weighted by Gasteiger charge is 2.24.